The SMILES string of the molecule is Cc1nc2cc(N3CCC(C)C3CO)c([N+](=O)[O-])cc2s1. The van der Waals surface area contributed by atoms with E-state index in [1.54, 1.807) is 12.1 Å². The van der Waals surface area contributed by atoms with Gasteiger partial charge in [-0.25, -0.2) is 4.98 Å². The molecule has 1 saturated heterocycles. The van der Waals surface area contributed by atoms with Crippen molar-refractivity contribution in [2.24, 2.45) is 5.92 Å². The first-order chi connectivity index (χ1) is 10.0. The molecule has 2 atom stereocenters. The molecule has 1 aromatic heterocycles. The number of anilines is 1. The van der Waals surface area contributed by atoms with Crippen LogP contribution in [0, 0.1) is 23.0 Å². The lowest BCUT2D eigenvalue weighted by molar-refractivity contribution is -0.384. The van der Waals surface area contributed by atoms with E-state index in [1.807, 2.05) is 11.8 Å². The van der Waals surface area contributed by atoms with Gasteiger partial charge in [0.2, 0.25) is 0 Å². The second-order valence-corrected chi connectivity index (χ2v) is 6.74. The molecule has 0 radical (unpaired) electrons. The van der Waals surface area contributed by atoms with Crippen molar-refractivity contribution in [3.05, 3.63) is 27.3 Å². The van der Waals surface area contributed by atoms with Gasteiger partial charge in [-0.05, 0) is 25.3 Å². The van der Waals surface area contributed by atoms with Crippen molar-refractivity contribution in [1.29, 1.82) is 0 Å². The van der Waals surface area contributed by atoms with Gasteiger partial charge in [-0.3, -0.25) is 10.1 Å². The molecule has 21 heavy (non-hydrogen) atoms. The number of nitrogens with zero attached hydrogens (tertiary/aromatic N) is 3. The molecule has 1 N–H and O–H groups in total. The van der Waals surface area contributed by atoms with Crippen LogP contribution in [0.25, 0.3) is 10.2 Å². The first kappa shape index (κ1) is 14.2. The Balaban J connectivity index is 2.15. The zero-order valence-corrected chi connectivity index (χ0v) is 12.8. The number of benzene rings is 1. The molecule has 1 aliphatic heterocycles. The summed E-state index contributed by atoms with van der Waals surface area (Å²) in [6.07, 6.45) is 0.927. The Morgan fingerprint density at radius 2 is 2.33 bits per heavy atom. The summed E-state index contributed by atoms with van der Waals surface area (Å²) in [5.74, 6) is 0.322. The molecule has 3 rings (SSSR count). The van der Waals surface area contributed by atoms with Gasteiger partial charge in [-0.2, -0.15) is 0 Å². The normalized spacial score (nSPS) is 22.1. The Hall–Kier alpha value is -1.73. The van der Waals surface area contributed by atoms with Gasteiger partial charge in [-0.1, -0.05) is 6.92 Å². The fraction of sp³-hybridized carbons (Fsp3) is 0.500. The third-order valence-electron chi connectivity index (χ3n) is 4.17. The van der Waals surface area contributed by atoms with E-state index in [0.29, 0.717) is 11.6 Å². The summed E-state index contributed by atoms with van der Waals surface area (Å²) >= 11 is 1.46. The number of nitro benzene ring substituents is 1. The molecule has 2 unspecified atom stereocenters. The van der Waals surface area contributed by atoms with Gasteiger partial charge in [0.25, 0.3) is 5.69 Å². The standard InChI is InChI=1S/C14H17N3O3S/c1-8-3-4-16(13(8)7-18)11-5-10-14(21-9(2)15-10)6-12(11)17(19)20/h5-6,8,13,18H,3-4,7H2,1-2H3. The Bertz CT molecular complexity index is 700. The summed E-state index contributed by atoms with van der Waals surface area (Å²) in [5, 5.41) is 21.9. The van der Waals surface area contributed by atoms with E-state index in [4.69, 9.17) is 0 Å². The maximum atomic E-state index is 11.4. The predicted molar refractivity (Wildman–Crippen MR) is 83.0 cm³/mol. The highest BCUT2D eigenvalue weighted by Crippen LogP contribution is 2.39. The van der Waals surface area contributed by atoms with Gasteiger partial charge >= 0.3 is 0 Å². The topological polar surface area (TPSA) is 79.5 Å². The third kappa shape index (κ3) is 2.36. The molecular formula is C14H17N3O3S. The summed E-state index contributed by atoms with van der Waals surface area (Å²) < 4.78 is 0.829. The second-order valence-electron chi connectivity index (χ2n) is 5.51. The molecule has 6 nitrogen and oxygen atoms in total. The number of aliphatic hydroxyl groups excluding tert-OH is 1. The number of hydrogen-bond donors (Lipinski definition) is 1. The van der Waals surface area contributed by atoms with Crippen molar-refractivity contribution in [1.82, 2.24) is 4.98 Å². The molecule has 0 saturated carbocycles. The van der Waals surface area contributed by atoms with Gasteiger partial charge in [0, 0.05) is 12.6 Å². The molecule has 7 heteroatoms. The van der Waals surface area contributed by atoms with E-state index in [1.165, 1.54) is 11.3 Å². The van der Waals surface area contributed by atoms with Gasteiger partial charge in [0.1, 0.15) is 5.69 Å². The van der Waals surface area contributed by atoms with Crippen LogP contribution >= 0.6 is 11.3 Å². The minimum Gasteiger partial charge on any atom is -0.394 e. The molecule has 0 bridgehead atoms. The lowest BCUT2D eigenvalue weighted by atomic mass is 10.0. The summed E-state index contributed by atoms with van der Waals surface area (Å²) in [7, 11) is 0. The highest BCUT2D eigenvalue weighted by atomic mass is 32.1. The Morgan fingerprint density at radius 1 is 1.57 bits per heavy atom. The van der Waals surface area contributed by atoms with Crippen molar-refractivity contribution in [2.45, 2.75) is 26.3 Å². The van der Waals surface area contributed by atoms with Gasteiger partial charge in [0.15, 0.2) is 0 Å². The van der Waals surface area contributed by atoms with Crippen LogP contribution in [0.2, 0.25) is 0 Å². The zero-order valence-electron chi connectivity index (χ0n) is 11.9. The van der Waals surface area contributed by atoms with E-state index < -0.39 is 0 Å². The third-order valence-corrected chi connectivity index (χ3v) is 5.10. The van der Waals surface area contributed by atoms with E-state index in [0.717, 1.165) is 28.2 Å². The number of hydrogen-bond acceptors (Lipinski definition) is 6. The molecule has 1 aliphatic rings. The van der Waals surface area contributed by atoms with Crippen LogP contribution in [0.1, 0.15) is 18.4 Å². The Kier molecular flexibility index (Phi) is 3.54. The second kappa shape index (κ2) is 5.23. The first-order valence-electron chi connectivity index (χ1n) is 6.94. The largest absolute Gasteiger partial charge is 0.394 e. The Morgan fingerprint density at radius 3 is 3.00 bits per heavy atom. The van der Waals surface area contributed by atoms with Crippen LogP contribution in [0.3, 0.4) is 0 Å². The molecule has 2 aromatic rings. The molecule has 2 heterocycles. The van der Waals surface area contributed by atoms with E-state index in [2.05, 4.69) is 11.9 Å². The quantitative estimate of drug-likeness (QED) is 0.696. The minimum atomic E-state index is -0.346. The summed E-state index contributed by atoms with van der Waals surface area (Å²) in [4.78, 5) is 17.4. The number of aliphatic hydroxyl groups is 1. The number of aryl methyl sites for hydroxylation is 1. The number of nitro groups is 1. The summed E-state index contributed by atoms with van der Waals surface area (Å²) in [5.41, 5.74) is 1.45. The molecule has 1 aromatic carbocycles. The van der Waals surface area contributed by atoms with Crippen molar-refractivity contribution < 1.29 is 10.0 Å². The van der Waals surface area contributed by atoms with E-state index in [-0.39, 0.29) is 23.3 Å². The average Bonchev–Trinajstić information content (AvgIpc) is 2.97. The van der Waals surface area contributed by atoms with E-state index in [9.17, 15) is 15.2 Å². The molecule has 0 amide bonds. The Labute approximate surface area is 126 Å². The van der Waals surface area contributed by atoms with Gasteiger partial charge in [0.05, 0.1) is 32.8 Å². The minimum absolute atomic E-state index is 0.00640. The fourth-order valence-electron chi connectivity index (χ4n) is 3.03. The number of fused-ring (bicyclic) bond motifs is 1. The number of thiazole rings is 1. The van der Waals surface area contributed by atoms with Gasteiger partial charge < -0.3 is 10.0 Å². The number of aromatic nitrogens is 1. The van der Waals surface area contributed by atoms with Crippen LogP contribution in [0.5, 0.6) is 0 Å². The maximum Gasteiger partial charge on any atom is 0.294 e. The van der Waals surface area contributed by atoms with Crippen molar-refractivity contribution in [3.8, 4) is 0 Å². The van der Waals surface area contributed by atoms with Crippen molar-refractivity contribution in [2.75, 3.05) is 18.1 Å². The van der Waals surface area contributed by atoms with Gasteiger partial charge in [-0.15, -0.1) is 11.3 Å². The molecule has 1 fully saturated rings. The van der Waals surface area contributed by atoms with Crippen LogP contribution in [-0.2, 0) is 0 Å². The van der Waals surface area contributed by atoms with Crippen LogP contribution in [0.4, 0.5) is 11.4 Å². The molecule has 112 valence electrons. The lowest BCUT2D eigenvalue weighted by Gasteiger charge is -2.26. The highest BCUT2D eigenvalue weighted by molar-refractivity contribution is 7.18. The lowest BCUT2D eigenvalue weighted by Crippen LogP contribution is -2.35. The predicted octanol–water partition coefficient (Wildman–Crippen LogP) is 2.72. The van der Waals surface area contributed by atoms with E-state index >= 15 is 0 Å². The summed E-state index contributed by atoms with van der Waals surface area (Å²) in [6.45, 7) is 4.69. The summed E-state index contributed by atoms with van der Waals surface area (Å²) in [6, 6.07) is 3.32. The number of rotatable bonds is 3. The first-order valence-corrected chi connectivity index (χ1v) is 7.76. The average molecular weight is 307 g/mol. The van der Waals surface area contributed by atoms with Crippen LogP contribution in [-0.4, -0.2) is 34.2 Å². The maximum absolute atomic E-state index is 11.4. The van der Waals surface area contributed by atoms with Crippen molar-refractivity contribution >= 4 is 32.9 Å². The van der Waals surface area contributed by atoms with Crippen molar-refractivity contribution in [3.63, 3.8) is 0 Å². The van der Waals surface area contributed by atoms with Crippen LogP contribution in [0.15, 0.2) is 12.1 Å². The zero-order chi connectivity index (χ0) is 15.1. The fourth-order valence-corrected chi connectivity index (χ4v) is 3.87. The van der Waals surface area contributed by atoms with Crippen LogP contribution < -0.4 is 4.90 Å². The molecule has 0 spiro atoms. The smallest absolute Gasteiger partial charge is 0.294 e. The molecular weight excluding hydrogens is 290 g/mol. The molecule has 0 aliphatic carbocycles. The highest BCUT2D eigenvalue weighted by Gasteiger charge is 2.34. The monoisotopic (exact) mass is 307 g/mol.